The molecule has 1 saturated heterocycles. The molecule has 9 nitrogen and oxygen atoms in total. The number of phenolic OH excluding ortho intramolecular Hbond substituents is 1. The summed E-state index contributed by atoms with van der Waals surface area (Å²) in [7, 11) is 0. The first-order valence-electron chi connectivity index (χ1n) is 16.0. The molecule has 0 spiro atoms. The van der Waals surface area contributed by atoms with Crippen LogP contribution < -0.4 is 4.74 Å². The van der Waals surface area contributed by atoms with Crippen LogP contribution in [-0.4, -0.2) is 47.3 Å². The molecule has 0 radical (unpaired) electrons. The molecule has 0 bridgehead atoms. The zero-order chi connectivity index (χ0) is 33.8. The Morgan fingerprint density at radius 3 is 1.73 bits per heavy atom. The Kier molecular flexibility index (Phi) is 14.9. The van der Waals surface area contributed by atoms with Crippen molar-refractivity contribution >= 4 is 23.9 Å². The molecule has 2 fully saturated rings. The Bertz CT molecular complexity index is 1080. The molecule has 44 heavy (non-hydrogen) atoms. The Morgan fingerprint density at radius 2 is 1.30 bits per heavy atom. The van der Waals surface area contributed by atoms with Crippen LogP contribution in [0.3, 0.4) is 0 Å². The first-order chi connectivity index (χ1) is 20.4. The number of hydrogen-bond acceptors (Lipinski definition) is 9. The van der Waals surface area contributed by atoms with Gasteiger partial charge in [0.1, 0.15) is 17.1 Å². The highest BCUT2D eigenvalue weighted by Crippen LogP contribution is 2.38. The van der Waals surface area contributed by atoms with Crippen molar-refractivity contribution in [3.8, 4) is 11.5 Å². The summed E-state index contributed by atoms with van der Waals surface area (Å²) in [4.78, 5) is 46.3. The minimum Gasteiger partial charge on any atom is -0.508 e. The van der Waals surface area contributed by atoms with E-state index in [1.807, 2.05) is 48.5 Å². The van der Waals surface area contributed by atoms with Crippen LogP contribution in [0.15, 0.2) is 24.3 Å². The topological polar surface area (TPSA) is 125 Å². The number of carbonyl (C=O) groups is 4. The summed E-state index contributed by atoms with van der Waals surface area (Å²) in [5, 5.41) is 9.06. The second kappa shape index (κ2) is 16.8. The van der Waals surface area contributed by atoms with Gasteiger partial charge in [-0.3, -0.25) is 14.4 Å². The summed E-state index contributed by atoms with van der Waals surface area (Å²) >= 11 is 0. The quantitative estimate of drug-likeness (QED) is 0.159. The largest absolute Gasteiger partial charge is 0.508 e. The van der Waals surface area contributed by atoms with Gasteiger partial charge in [0.15, 0.2) is 0 Å². The highest BCUT2D eigenvalue weighted by Gasteiger charge is 2.39. The van der Waals surface area contributed by atoms with E-state index in [0.29, 0.717) is 25.2 Å². The fraction of sp³-hybridized carbons (Fsp3) is 0.714. The number of rotatable bonds is 10. The first kappa shape index (κ1) is 38.9. The summed E-state index contributed by atoms with van der Waals surface area (Å²) in [6.45, 7) is 19.6. The smallest absolute Gasteiger partial charge is 0.347 e. The lowest BCUT2D eigenvalue weighted by Gasteiger charge is -2.32. The summed E-state index contributed by atoms with van der Waals surface area (Å²) in [6.07, 6.45) is 7.51. The number of cyclic esters (lactones) is 1. The predicted octanol–water partition coefficient (Wildman–Crippen LogP) is 7.70. The van der Waals surface area contributed by atoms with Gasteiger partial charge in [-0.2, -0.15) is 0 Å². The molecule has 250 valence electrons. The predicted molar refractivity (Wildman–Crippen MR) is 169 cm³/mol. The van der Waals surface area contributed by atoms with Crippen molar-refractivity contribution in [2.75, 3.05) is 6.61 Å². The molecule has 0 amide bonds. The number of ether oxygens (including phenoxy) is 4. The maximum atomic E-state index is 12.0. The molecule has 1 atom stereocenters. The van der Waals surface area contributed by atoms with Gasteiger partial charge in [-0.05, 0) is 117 Å². The van der Waals surface area contributed by atoms with Crippen molar-refractivity contribution in [3.63, 3.8) is 0 Å². The van der Waals surface area contributed by atoms with Crippen LogP contribution in [0, 0.1) is 16.2 Å². The molecule has 1 unspecified atom stereocenters. The Morgan fingerprint density at radius 1 is 0.818 bits per heavy atom. The lowest BCUT2D eigenvalue weighted by molar-refractivity contribution is -0.170. The van der Waals surface area contributed by atoms with Crippen LogP contribution in [-0.2, 0) is 33.4 Å². The molecule has 2 aliphatic rings. The van der Waals surface area contributed by atoms with Gasteiger partial charge >= 0.3 is 23.9 Å². The van der Waals surface area contributed by atoms with Gasteiger partial charge in [-0.1, -0.05) is 27.7 Å². The van der Waals surface area contributed by atoms with Crippen LogP contribution in [0.2, 0.25) is 0 Å². The zero-order valence-electron chi connectivity index (χ0n) is 28.7. The average molecular weight is 621 g/mol. The van der Waals surface area contributed by atoms with Crippen LogP contribution in [0.4, 0.5) is 0 Å². The maximum absolute atomic E-state index is 12.0. The second-order valence-electron chi connectivity index (χ2n) is 13.6. The lowest BCUT2D eigenvalue weighted by atomic mass is 9.89. The zero-order valence-corrected chi connectivity index (χ0v) is 28.7. The molecule has 3 rings (SSSR count). The monoisotopic (exact) mass is 620 g/mol. The number of aromatic hydroxyl groups is 1. The molecule has 1 saturated carbocycles. The van der Waals surface area contributed by atoms with Gasteiger partial charge in [0, 0.05) is 6.42 Å². The van der Waals surface area contributed by atoms with E-state index in [4.69, 9.17) is 24.1 Å². The van der Waals surface area contributed by atoms with Crippen molar-refractivity contribution in [3.05, 3.63) is 24.3 Å². The fourth-order valence-corrected chi connectivity index (χ4v) is 3.95. The number of esters is 4. The van der Waals surface area contributed by atoms with Crippen LogP contribution in [0.25, 0.3) is 0 Å². The third kappa shape index (κ3) is 11.8. The van der Waals surface area contributed by atoms with Crippen LogP contribution >= 0.6 is 0 Å². The molecular formula is C35H56O9. The van der Waals surface area contributed by atoms with Crippen molar-refractivity contribution in [1.82, 2.24) is 0 Å². The normalized spacial score (nSPS) is 17.7. The van der Waals surface area contributed by atoms with E-state index in [2.05, 4.69) is 6.92 Å². The SMILES string of the molecule is CCC(C)(C)C(=O)OC1CCOC1=O.CCC(C)(C)C(=O)Oc1ccc(O)cc1.CCC1(OC(=O)C(C)(C)CC)CCCC1. The second-order valence-corrected chi connectivity index (χ2v) is 13.6. The summed E-state index contributed by atoms with van der Waals surface area (Å²) in [5.41, 5.74) is -1.46. The van der Waals surface area contributed by atoms with E-state index in [1.54, 1.807) is 26.0 Å². The number of carbonyl (C=O) groups excluding carboxylic acids is 4. The molecule has 1 aliphatic carbocycles. The summed E-state index contributed by atoms with van der Waals surface area (Å²) in [5.74, 6) is -0.414. The standard InChI is InChI=1S/C13H24O2.C12H16O3.C10H16O4/c1-5-12(3,4)11(14)15-13(6-2)9-7-8-10-13;1-4-12(2,3)11(14)15-10-7-5-9(13)6-8-10;1-4-10(2,3)9(12)14-7-5-6-13-8(7)11/h5-10H2,1-4H3;5-8,13H,4H2,1-3H3;7H,4-6H2,1-3H3. The molecule has 1 aliphatic heterocycles. The van der Waals surface area contributed by atoms with Gasteiger partial charge in [0.05, 0.1) is 22.9 Å². The van der Waals surface area contributed by atoms with E-state index < -0.39 is 22.9 Å². The Labute approximate surface area is 264 Å². The number of hydrogen-bond donors (Lipinski definition) is 1. The highest BCUT2D eigenvalue weighted by molar-refractivity contribution is 5.82. The van der Waals surface area contributed by atoms with Crippen LogP contribution in [0.1, 0.15) is 127 Å². The van der Waals surface area contributed by atoms with Crippen molar-refractivity contribution < 1.29 is 43.2 Å². The van der Waals surface area contributed by atoms with E-state index in [1.165, 1.54) is 25.0 Å². The molecule has 1 heterocycles. The fourth-order valence-electron chi connectivity index (χ4n) is 3.95. The van der Waals surface area contributed by atoms with Gasteiger partial charge < -0.3 is 24.1 Å². The van der Waals surface area contributed by atoms with E-state index in [9.17, 15) is 19.2 Å². The van der Waals surface area contributed by atoms with E-state index in [-0.39, 0.29) is 34.7 Å². The summed E-state index contributed by atoms with van der Waals surface area (Å²) in [6, 6.07) is 6.11. The Balaban J connectivity index is 0.000000330. The van der Waals surface area contributed by atoms with Crippen molar-refractivity contribution in [2.24, 2.45) is 16.2 Å². The van der Waals surface area contributed by atoms with Crippen LogP contribution in [0.5, 0.6) is 11.5 Å². The minimum absolute atomic E-state index is 0.0197. The molecule has 9 heteroatoms. The highest BCUT2D eigenvalue weighted by atomic mass is 16.6. The molecular weight excluding hydrogens is 564 g/mol. The molecule has 1 aromatic rings. The average Bonchev–Trinajstić information content (AvgIpc) is 3.63. The first-order valence-corrected chi connectivity index (χ1v) is 16.0. The van der Waals surface area contributed by atoms with E-state index in [0.717, 1.165) is 32.1 Å². The van der Waals surface area contributed by atoms with Crippen molar-refractivity contribution in [1.29, 1.82) is 0 Å². The van der Waals surface area contributed by atoms with Gasteiger partial charge in [0.2, 0.25) is 6.10 Å². The number of benzene rings is 1. The molecule has 1 aromatic carbocycles. The molecule has 1 N–H and O–H groups in total. The minimum atomic E-state index is -0.687. The third-order valence-electron chi connectivity index (χ3n) is 8.96. The third-order valence-corrected chi connectivity index (χ3v) is 8.96. The summed E-state index contributed by atoms with van der Waals surface area (Å²) < 4.78 is 20.7. The van der Waals surface area contributed by atoms with Crippen molar-refractivity contribution in [2.45, 2.75) is 139 Å². The van der Waals surface area contributed by atoms with Gasteiger partial charge in [0.25, 0.3) is 0 Å². The lowest BCUT2D eigenvalue weighted by Crippen LogP contribution is -2.37. The molecule has 0 aromatic heterocycles. The maximum Gasteiger partial charge on any atom is 0.347 e. The van der Waals surface area contributed by atoms with E-state index >= 15 is 0 Å². The van der Waals surface area contributed by atoms with Gasteiger partial charge in [-0.15, -0.1) is 0 Å². The number of phenols is 1. The van der Waals surface area contributed by atoms with Gasteiger partial charge in [-0.25, -0.2) is 4.79 Å². The Hall–Kier alpha value is -3.10.